The molecule has 2 fully saturated rings. The monoisotopic (exact) mass is 509 g/mol. The molecule has 0 spiro atoms. The normalized spacial score (nSPS) is 18.5. The number of nitrogens with zero attached hydrogens (tertiary/aromatic N) is 3. The van der Waals surface area contributed by atoms with Gasteiger partial charge in [-0.1, -0.05) is 42.5 Å². The van der Waals surface area contributed by atoms with Gasteiger partial charge in [0, 0.05) is 56.4 Å². The van der Waals surface area contributed by atoms with Gasteiger partial charge in [-0.05, 0) is 85.4 Å². The van der Waals surface area contributed by atoms with Crippen LogP contribution in [0.15, 0.2) is 78.9 Å². The third kappa shape index (κ3) is 5.80. The van der Waals surface area contributed by atoms with Crippen LogP contribution >= 0.6 is 0 Å². The molecule has 6 rings (SSSR count). The molecule has 4 aromatic rings. The van der Waals surface area contributed by atoms with E-state index in [1.54, 1.807) is 0 Å². The first-order chi connectivity index (χ1) is 18.7. The molecule has 0 bridgehead atoms. The molecule has 198 valence electrons. The summed E-state index contributed by atoms with van der Waals surface area (Å²) in [6.07, 6.45) is 4.15. The molecule has 5 nitrogen and oxygen atoms in total. The quantitative estimate of drug-likeness (QED) is 0.260. The van der Waals surface area contributed by atoms with Gasteiger partial charge < -0.3 is 14.0 Å². The first-order valence-corrected chi connectivity index (χ1v) is 14.1. The molecular weight excluding hydrogens is 470 g/mol. The van der Waals surface area contributed by atoms with Gasteiger partial charge in [0.1, 0.15) is 12.4 Å². The van der Waals surface area contributed by atoms with Crippen molar-refractivity contribution in [1.82, 2.24) is 14.4 Å². The molecule has 0 saturated carbocycles. The summed E-state index contributed by atoms with van der Waals surface area (Å²) in [5, 5.41) is 1.27. The van der Waals surface area contributed by atoms with Crippen LogP contribution in [0.5, 0.6) is 5.75 Å². The minimum Gasteiger partial charge on any atom is -0.492 e. The van der Waals surface area contributed by atoms with E-state index in [1.807, 2.05) is 7.11 Å². The van der Waals surface area contributed by atoms with Crippen LogP contribution in [0.1, 0.15) is 30.4 Å². The molecule has 2 aliphatic rings. The number of hydrogen-bond acceptors (Lipinski definition) is 4. The summed E-state index contributed by atoms with van der Waals surface area (Å²) in [6.45, 7) is 8.16. The highest BCUT2D eigenvalue weighted by atomic mass is 16.5. The number of aromatic nitrogens is 1. The second-order valence-electron chi connectivity index (χ2n) is 10.8. The highest BCUT2D eigenvalue weighted by molar-refractivity contribution is 5.87. The minimum atomic E-state index is 0.380. The van der Waals surface area contributed by atoms with Gasteiger partial charge in [-0.15, -0.1) is 0 Å². The van der Waals surface area contributed by atoms with Crippen LogP contribution in [0.4, 0.5) is 0 Å². The molecule has 3 aromatic carbocycles. The topological polar surface area (TPSA) is 29.9 Å². The predicted molar refractivity (Wildman–Crippen MR) is 155 cm³/mol. The highest BCUT2D eigenvalue weighted by Crippen LogP contribution is 2.30. The summed E-state index contributed by atoms with van der Waals surface area (Å²) in [7, 11) is 1.82. The van der Waals surface area contributed by atoms with Crippen molar-refractivity contribution < 1.29 is 9.47 Å². The Labute approximate surface area is 226 Å². The average molecular weight is 510 g/mol. The summed E-state index contributed by atoms with van der Waals surface area (Å²) in [4.78, 5) is 4.98. The standard InChI is InChI=1S/C33H39N3O2/c1-37-31-16-19-35(25-31)23-26-8-10-27(11-9-26)24-36-32-7-3-2-6-29(32)22-33(36)28-12-14-30(15-13-28)38-21-20-34-17-4-5-18-34/h2-3,6-15,22,31H,4-5,16-21,23-25H2,1H3. The number of para-hydroxylation sites is 1. The number of hydrogen-bond donors (Lipinski definition) is 0. The number of fused-ring (bicyclic) bond motifs is 1. The van der Waals surface area contributed by atoms with Gasteiger partial charge in [-0.3, -0.25) is 9.80 Å². The Hall–Kier alpha value is -3.12. The fourth-order valence-corrected chi connectivity index (χ4v) is 5.96. The molecule has 0 radical (unpaired) electrons. The van der Waals surface area contributed by atoms with Gasteiger partial charge in [-0.25, -0.2) is 0 Å². The maximum absolute atomic E-state index is 6.06. The lowest BCUT2D eigenvalue weighted by Gasteiger charge is -2.16. The van der Waals surface area contributed by atoms with Crippen LogP contribution in [0.3, 0.4) is 0 Å². The van der Waals surface area contributed by atoms with E-state index in [0.29, 0.717) is 6.10 Å². The fraction of sp³-hybridized carbons (Fsp3) is 0.394. The lowest BCUT2D eigenvalue weighted by molar-refractivity contribution is 0.107. The number of likely N-dealkylation sites (tertiary alicyclic amines) is 2. The maximum Gasteiger partial charge on any atom is 0.119 e. The first kappa shape index (κ1) is 25.2. The summed E-state index contributed by atoms with van der Waals surface area (Å²) in [6, 6.07) is 28.8. The van der Waals surface area contributed by atoms with E-state index < -0.39 is 0 Å². The van der Waals surface area contributed by atoms with E-state index in [-0.39, 0.29) is 0 Å². The van der Waals surface area contributed by atoms with E-state index in [4.69, 9.17) is 9.47 Å². The minimum absolute atomic E-state index is 0.380. The van der Waals surface area contributed by atoms with Crippen LogP contribution < -0.4 is 4.74 Å². The Balaban J connectivity index is 1.16. The number of benzene rings is 3. The zero-order valence-electron chi connectivity index (χ0n) is 22.5. The van der Waals surface area contributed by atoms with Crippen molar-refractivity contribution >= 4 is 10.9 Å². The Morgan fingerprint density at radius 3 is 2.26 bits per heavy atom. The van der Waals surface area contributed by atoms with E-state index >= 15 is 0 Å². The van der Waals surface area contributed by atoms with Crippen LogP contribution in [-0.2, 0) is 17.8 Å². The lowest BCUT2D eigenvalue weighted by atomic mass is 10.1. The highest BCUT2D eigenvalue weighted by Gasteiger charge is 2.21. The van der Waals surface area contributed by atoms with Gasteiger partial charge in [0.2, 0.25) is 0 Å². The van der Waals surface area contributed by atoms with Crippen LogP contribution in [0, 0.1) is 0 Å². The zero-order chi connectivity index (χ0) is 25.7. The van der Waals surface area contributed by atoms with Crippen molar-refractivity contribution in [3.05, 3.63) is 90.0 Å². The van der Waals surface area contributed by atoms with E-state index in [1.165, 1.54) is 59.2 Å². The third-order valence-electron chi connectivity index (χ3n) is 8.17. The van der Waals surface area contributed by atoms with E-state index in [9.17, 15) is 0 Å². The summed E-state index contributed by atoms with van der Waals surface area (Å²) >= 11 is 0. The molecule has 38 heavy (non-hydrogen) atoms. The first-order valence-electron chi connectivity index (χ1n) is 14.1. The average Bonchev–Trinajstić information content (AvgIpc) is 3.71. The van der Waals surface area contributed by atoms with Crippen molar-refractivity contribution in [3.63, 3.8) is 0 Å². The van der Waals surface area contributed by atoms with Gasteiger partial charge in [0.05, 0.1) is 6.10 Å². The smallest absolute Gasteiger partial charge is 0.119 e. The summed E-state index contributed by atoms with van der Waals surface area (Å²) in [5.41, 5.74) is 6.39. The number of ether oxygens (including phenoxy) is 2. The molecule has 1 unspecified atom stereocenters. The SMILES string of the molecule is COC1CCN(Cc2ccc(Cn3c(-c4ccc(OCCN5CCCC5)cc4)cc4ccccc43)cc2)C1. The Kier molecular flexibility index (Phi) is 7.77. The Bertz CT molecular complexity index is 1320. The molecule has 2 aliphatic heterocycles. The Morgan fingerprint density at radius 2 is 1.53 bits per heavy atom. The molecule has 0 amide bonds. The zero-order valence-corrected chi connectivity index (χ0v) is 22.5. The largest absolute Gasteiger partial charge is 0.492 e. The third-order valence-corrected chi connectivity index (χ3v) is 8.17. The lowest BCUT2D eigenvalue weighted by Crippen LogP contribution is -2.25. The molecule has 3 heterocycles. The predicted octanol–water partition coefficient (Wildman–Crippen LogP) is 6.05. The molecular formula is C33H39N3O2. The molecule has 5 heteroatoms. The van der Waals surface area contributed by atoms with Crippen molar-refractivity contribution in [2.45, 2.75) is 38.5 Å². The van der Waals surface area contributed by atoms with Crippen molar-refractivity contribution in [2.24, 2.45) is 0 Å². The van der Waals surface area contributed by atoms with Crippen LogP contribution in [0.25, 0.3) is 22.2 Å². The van der Waals surface area contributed by atoms with Crippen molar-refractivity contribution in [1.29, 1.82) is 0 Å². The number of rotatable bonds is 10. The van der Waals surface area contributed by atoms with Crippen molar-refractivity contribution in [2.75, 3.05) is 46.4 Å². The molecule has 1 aromatic heterocycles. The number of methoxy groups -OCH3 is 1. The van der Waals surface area contributed by atoms with Crippen molar-refractivity contribution in [3.8, 4) is 17.0 Å². The van der Waals surface area contributed by atoms with Crippen LogP contribution in [0.2, 0.25) is 0 Å². The van der Waals surface area contributed by atoms with Gasteiger partial charge in [0.25, 0.3) is 0 Å². The molecule has 1 atom stereocenters. The Morgan fingerprint density at radius 1 is 0.789 bits per heavy atom. The van der Waals surface area contributed by atoms with Gasteiger partial charge in [0.15, 0.2) is 0 Å². The second kappa shape index (κ2) is 11.7. The van der Waals surface area contributed by atoms with Crippen LogP contribution in [-0.4, -0.2) is 66.9 Å². The molecule has 0 N–H and O–H groups in total. The molecule has 2 saturated heterocycles. The summed E-state index contributed by atoms with van der Waals surface area (Å²) < 4.78 is 14.0. The fourth-order valence-electron chi connectivity index (χ4n) is 5.96. The maximum atomic E-state index is 6.06. The second-order valence-corrected chi connectivity index (χ2v) is 10.8. The van der Waals surface area contributed by atoms with E-state index in [0.717, 1.165) is 51.5 Å². The van der Waals surface area contributed by atoms with E-state index in [2.05, 4.69) is 93.2 Å². The molecule has 0 aliphatic carbocycles. The van der Waals surface area contributed by atoms with Gasteiger partial charge in [-0.2, -0.15) is 0 Å². The van der Waals surface area contributed by atoms with Gasteiger partial charge >= 0.3 is 0 Å². The summed E-state index contributed by atoms with van der Waals surface area (Å²) in [5.74, 6) is 0.945.